The number of nitrogens with zero attached hydrogens (tertiary/aromatic N) is 2. The van der Waals surface area contributed by atoms with Gasteiger partial charge in [0.15, 0.2) is 17.5 Å². The Kier molecular flexibility index (Phi) is 3.96. The third-order valence-electron chi connectivity index (χ3n) is 2.60. The Balaban J connectivity index is 1.75. The van der Waals surface area contributed by atoms with Gasteiger partial charge in [-0.15, -0.1) is 0 Å². The van der Waals surface area contributed by atoms with Gasteiger partial charge in [-0.1, -0.05) is 0 Å². The molecule has 1 heterocycles. The van der Waals surface area contributed by atoms with Gasteiger partial charge < -0.3 is 15.0 Å². The van der Waals surface area contributed by atoms with E-state index in [9.17, 15) is 8.78 Å². The van der Waals surface area contributed by atoms with Crippen LogP contribution in [0.15, 0.2) is 23.2 Å². The number of hydrogen-bond acceptors (Lipinski definition) is 4. The summed E-state index contributed by atoms with van der Waals surface area (Å²) in [5.41, 5.74) is 0. The number of guanidine groups is 1. The fraction of sp³-hybridized carbons (Fsp3) is 0.417. The van der Waals surface area contributed by atoms with Gasteiger partial charge in [-0.2, -0.15) is 0 Å². The van der Waals surface area contributed by atoms with Gasteiger partial charge in [0.25, 0.3) is 0 Å². The molecule has 1 aliphatic rings. The quantitative estimate of drug-likeness (QED) is 0.822. The molecule has 0 bridgehead atoms. The molecule has 0 atom stereocenters. The average molecular weight is 255 g/mol. The molecule has 0 amide bonds. The number of benzene rings is 1. The Labute approximate surface area is 104 Å². The summed E-state index contributed by atoms with van der Waals surface area (Å²) in [5, 5.41) is 3.09. The molecule has 6 heteroatoms. The lowest BCUT2D eigenvalue weighted by Crippen LogP contribution is -2.37. The van der Waals surface area contributed by atoms with Crippen LogP contribution in [0, 0.1) is 11.6 Å². The van der Waals surface area contributed by atoms with E-state index in [1.165, 1.54) is 12.1 Å². The Hall–Kier alpha value is -1.85. The zero-order chi connectivity index (χ0) is 13.0. The lowest BCUT2D eigenvalue weighted by Gasteiger charge is -2.15. The maximum absolute atomic E-state index is 13.2. The van der Waals surface area contributed by atoms with Gasteiger partial charge in [-0.3, -0.25) is 4.99 Å². The molecule has 0 fully saturated rings. The maximum atomic E-state index is 13.2. The van der Waals surface area contributed by atoms with E-state index in [1.807, 2.05) is 11.9 Å². The smallest absolute Gasteiger partial charge is 0.193 e. The van der Waals surface area contributed by atoms with Crippen LogP contribution in [0.2, 0.25) is 0 Å². The average Bonchev–Trinajstić information content (AvgIpc) is 2.73. The summed E-state index contributed by atoms with van der Waals surface area (Å²) in [6, 6.07) is 3.25. The van der Waals surface area contributed by atoms with E-state index in [-0.39, 0.29) is 12.4 Å². The molecule has 1 aromatic rings. The summed E-state index contributed by atoms with van der Waals surface area (Å²) in [6.45, 7) is 2.48. The van der Waals surface area contributed by atoms with Crippen LogP contribution in [0.5, 0.6) is 5.75 Å². The van der Waals surface area contributed by atoms with Crippen molar-refractivity contribution in [3.05, 3.63) is 29.8 Å². The molecule has 0 radical (unpaired) electrons. The van der Waals surface area contributed by atoms with E-state index in [2.05, 4.69) is 10.3 Å². The van der Waals surface area contributed by atoms with Crippen molar-refractivity contribution in [3.8, 4) is 5.75 Å². The molecule has 1 aromatic carbocycles. The first-order valence-electron chi connectivity index (χ1n) is 5.74. The predicted molar refractivity (Wildman–Crippen MR) is 64.8 cm³/mol. The van der Waals surface area contributed by atoms with E-state index in [0.29, 0.717) is 6.54 Å². The molecule has 0 spiro atoms. The van der Waals surface area contributed by atoms with Gasteiger partial charge in [0.05, 0.1) is 13.1 Å². The summed E-state index contributed by atoms with van der Waals surface area (Å²) in [6.07, 6.45) is 0. The number of nitrogens with one attached hydrogen (secondary N) is 1. The van der Waals surface area contributed by atoms with Crippen molar-refractivity contribution in [2.75, 3.05) is 33.3 Å². The lowest BCUT2D eigenvalue weighted by molar-refractivity contribution is 0.303. The number of rotatable bonds is 4. The van der Waals surface area contributed by atoms with Gasteiger partial charge in [-0.05, 0) is 12.1 Å². The minimum atomic E-state index is -0.690. The van der Waals surface area contributed by atoms with Gasteiger partial charge in [0.2, 0.25) is 0 Å². The van der Waals surface area contributed by atoms with Crippen molar-refractivity contribution in [1.82, 2.24) is 10.2 Å². The van der Waals surface area contributed by atoms with Crippen LogP contribution in [0.4, 0.5) is 8.78 Å². The highest BCUT2D eigenvalue weighted by Gasteiger charge is 2.11. The first kappa shape index (κ1) is 12.6. The fourth-order valence-electron chi connectivity index (χ4n) is 1.64. The van der Waals surface area contributed by atoms with Crippen LogP contribution in [0.3, 0.4) is 0 Å². The topological polar surface area (TPSA) is 36.9 Å². The number of ether oxygens (including phenoxy) is 1. The standard InChI is InChI=1S/C12H15F2N3O/c1-17-6-4-15-12(17)16-5-7-18-11-3-2-9(13)8-10(11)14/h2-3,8H,4-7H2,1H3,(H,15,16). The van der Waals surface area contributed by atoms with Crippen LogP contribution in [-0.2, 0) is 0 Å². The van der Waals surface area contributed by atoms with Crippen molar-refractivity contribution >= 4 is 5.96 Å². The maximum Gasteiger partial charge on any atom is 0.193 e. The van der Waals surface area contributed by atoms with E-state index in [0.717, 1.165) is 25.1 Å². The summed E-state index contributed by atoms with van der Waals surface area (Å²) >= 11 is 0. The molecule has 1 N–H and O–H groups in total. The molecule has 1 aliphatic heterocycles. The number of halogens is 2. The molecule has 0 saturated carbocycles. The van der Waals surface area contributed by atoms with Gasteiger partial charge in [0, 0.05) is 19.7 Å². The first-order valence-corrected chi connectivity index (χ1v) is 5.74. The van der Waals surface area contributed by atoms with Crippen LogP contribution < -0.4 is 10.1 Å². The van der Waals surface area contributed by atoms with Crippen molar-refractivity contribution < 1.29 is 13.5 Å². The van der Waals surface area contributed by atoms with Gasteiger partial charge in [0.1, 0.15) is 12.4 Å². The van der Waals surface area contributed by atoms with Crippen LogP contribution in [0.1, 0.15) is 0 Å². The Morgan fingerprint density at radius 3 is 2.94 bits per heavy atom. The Morgan fingerprint density at radius 2 is 2.28 bits per heavy atom. The monoisotopic (exact) mass is 255 g/mol. The molecule has 0 unspecified atom stereocenters. The van der Waals surface area contributed by atoms with Crippen molar-refractivity contribution in [1.29, 1.82) is 0 Å². The predicted octanol–water partition coefficient (Wildman–Crippen LogP) is 1.23. The second kappa shape index (κ2) is 5.66. The van der Waals surface area contributed by atoms with Crippen LogP contribution >= 0.6 is 0 Å². The molecule has 18 heavy (non-hydrogen) atoms. The molecule has 2 rings (SSSR count). The second-order valence-electron chi connectivity index (χ2n) is 3.98. The first-order chi connectivity index (χ1) is 8.66. The van der Waals surface area contributed by atoms with E-state index >= 15 is 0 Å². The fourth-order valence-corrected chi connectivity index (χ4v) is 1.64. The molecule has 4 nitrogen and oxygen atoms in total. The number of aliphatic imine (C=N–C) groups is 1. The minimum absolute atomic E-state index is 0.0555. The SMILES string of the molecule is CN1CCN=C1NCCOc1ccc(F)cc1F. The van der Waals surface area contributed by atoms with Crippen molar-refractivity contribution in [2.24, 2.45) is 4.99 Å². The summed E-state index contributed by atoms with van der Waals surface area (Å²) < 4.78 is 31.1. The normalized spacial score (nSPS) is 14.6. The zero-order valence-electron chi connectivity index (χ0n) is 10.1. The zero-order valence-corrected chi connectivity index (χ0v) is 10.1. The highest BCUT2D eigenvalue weighted by molar-refractivity contribution is 5.81. The molecule has 0 aromatic heterocycles. The van der Waals surface area contributed by atoms with Gasteiger partial charge in [-0.25, -0.2) is 8.78 Å². The second-order valence-corrected chi connectivity index (χ2v) is 3.98. The molecular weight excluding hydrogens is 240 g/mol. The van der Waals surface area contributed by atoms with E-state index in [1.54, 1.807) is 0 Å². The van der Waals surface area contributed by atoms with Gasteiger partial charge >= 0.3 is 0 Å². The molecule has 98 valence electrons. The van der Waals surface area contributed by atoms with Crippen LogP contribution in [-0.4, -0.2) is 44.1 Å². The minimum Gasteiger partial charge on any atom is -0.489 e. The summed E-state index contributed by atoms with van der Waals surface area (Å²) in [4.78, 5) is 6.24. The third kappa shape index (κ3) is 3.09. The number of hydrogen-bond donors (Lipinski definition) is 1. The Bertz CT molecular complexity index is 451. The highest BCUT2D eigenvalue weighted by Crippen LogP contribution is 2.17. The lowest BCUT2D eigenvalue weighted by atomic mass is 10.3. The summed E-state index contributed by atoms with van der Waals surface area (Å²) in [7, 11) is 1.94. The number of likely N-dealkylation sites (N-methyl/N-ethyl adjacent to an activating group) is 1. The van der Waals surface area contributed by atoms with Crippen LogP contribution in [0.25, 0.3) is 0 Å². The molecule has 0 aliphatic carbocycles. The third-order valence-corrected chi connectivity index (χ3v) is 2.60. The van der Waals surface area contributed by atoms with Crippen molar-refractivity contribution in [3.63, 3.8) is 0 Å². The van der Waals surface area contributed by atoms with E-state index < -0.39 is 11.6 Å². The largest absolute Gasteiger partial charge is 0.489 e. The Morgan fingerprint density at radius 1 is 1.44 bits per heavy atom. The highest BCUT2D eigenvalue weighted by atomic mass is 19.1. The molecule has 0 saturated heterocycles. The molecular formula is C12H15F2N3O. The van der Waals surface area contributed by atoms with E-state index in [4.69, 9.17) is 4.74 Å². The van der Waals surface area contributed by atoms with Crippen molar-refractivity contribution in [2.45, 2.75) is 0 Å². The summed E-state index contributed by atoms with van der Waals surface area (Å²) in [5.74, 6) is -0.427.